The summed E-state index contributed by atoms with van der Waals surface area (Å²) in [6, 6.07) is 6.91. The number of hydrogen-bond acceptors (Lipinski definition) is 5. The van der Waals surface area contributed by atoms with Crippen molar-refractivity contribution in [2.75, 3.05) is 11.0 Å². The summed E-state index contributed by atoms with van der Waals surface area (Å²) >= 11 is 0. The fourth-order valence-corrected chi connectivity index (χ4v) is 3.16. The molecule has 0 bridgehead atoms. The molecule has 1 heterocycles. The molecule has 7 heteroatoms. The zero-order valence-electron chi connectivity index (χ0n) is 11.7. The molecule has 1 aliphatic rings. The summed E-state index contributed by atoms with van der Waals surface area (Å²) in [5.74, 6) is 1.64. The Balaban J connectivity index is 1.77. The molecule has 1 aliphatic carbocycles. The van der Waals surface area contributed by atoms with Crippen LogP contribution in [-0.2, 0) is 10.0 Å². The Morgan fingerprint density at radius 1 is 1.19 bits per heavy atom. The third kappa shape index (κ3) is 3.41. The highest BCUT2D eigenvalue weighted by atomic mass is 32.2. The van der Waals surface area contributed by atoms with E-state index in [0.717, 1.165) is 24.7 Å². The first kappa shape index (κ1) is 14.1. The molecule has 1 saturated carbocycles. The molecular weight excluding hydrogens is 290 g/mol. The van der Waals surface area contributed by atoms with Gasteiger partial charge in [0.1, 0.15) is 0 Å². The van der Waals surface area contributed by atoms with Crippen molar-refractivity contribution in [3.8, 4) is 11.4 Å². The van der Waals surface area contributed by atoms with Crippen LogP contribution in [0.4, 0.5) is 5.69 Å². The maximum Gasteiger partial charge on any atom is 0.230 e. The molecule has 21 heavy (non-hydrogen) atoms. The molecule has 1 aromatic heterocycles. The first-order valence-electron chi connectivity index (χ1n) is 6.93. The Bertz CT molecular complexity index is 716. The van der Waals surface area contributed by atoms with Crippen LogP contribution in [0.25, 0.3) is 11.4 Å². The van der Waals surface area contributed by atoms with Crippen molar-refractivity contribution >= 4 is 15.7 Å². The zero-order chi connectivity index (χ0) is 14.9. The molecule has 0 spiro atoms. The number of rotatable bonds is 4. The number of hydrogen-bond donors (Lipinski definition) is 1. The van der Waals surface area contributed by atoms with E-state index in [2.05, 4.69) is 14.9 Å². The van der Waals surface area contributed by atoms with E-state index in [1.165, 1.54) is 12.8 Å². The van der Waals surface area contributed by atoms with E-state index in [-0.39, 0.29) is 0 Å². The Kier molecular flexibility index (Phi) is 3.67. The van der Waals surface area contributed by atoms with Gasteiger partial charge in [0, 0.05) is 17.2 Å². The molecule has 0 unspecified atom stereocenters. The largest absolute Gasteiger partial charge is 0.339 e. The molecular formula is C14H17N3O3S. The smallest absolute Gasteiger partial charge is 0.230 e. The average molecular weight is 307 g/mol. The minimum Gasteiger partial charge on any atom is -0.339 e. The number of benzene rings is 1. The monoisotopic (exact) mass is 307 g/mol. The van der Waals surface area contributed by atoms with E-state index in [4.69, 9.17) is 4.52 Å². The molecule has 0 saturated heterocycles. The second-order valence-electron chi connectivity index (χ2n) is 5.39. The number of nitrogens with one attached hydrogen (secondary N) is 1. The Morgan fingerprint density at radius 3 is 2.48 bits per heavy atom. The van der Waals surface area contributed by atoms with E-state index in [1.54, 1.807) is 24.3 Å². The second kappa shape index (κ2) is 5.48. The first-order chi connectivity index (χ1) is 10.0. The molecule has 3 rings (SSSR count). The molecule has 2 aromatic rings. The van der Waals surface area contributed by atoms with Crippen LogP contribution in [0.3, 0.4) is 0 Å². The minimum atomic E-state index is -3.26. The van der Waals surface area contributed by atoms with Crippen LogP contribution in [-0.4, -0.2) is 24.8 Å². The highest BCUT2D eigenvalue weighted by Gasteiger charge is 2.23. The molecule has 1 aromatic carbocycles. The van der Waals surface area contributed by atoms with Gasteiger partial charge >= 0.3 is 0 Å². The van der Waals surface area contributed by atoms with Crippen LogP contribution in [0, 0.1) is 0 Å². The van der Waals surface area contributed by atoms with Crippen LogP contribution in [0.15, 0.2) is 28.8 Å². The number of sulfonamides is 1. The second-order valence-corrected chi connectivity index (χ2v) is 7.14. The maximum absolute atomic E-state index is 11.2. The van der Waals surface area contributed by atoms with Crippen molar-refractivity contribution in [3.63, 3.8) is 0 Å². The maximum atomic E-state index is 11.2. The molecule has 1 fully saturated rings. The molecule has 0 atom stereocenters. The topological polar surface area (TPSA) is 85.1 Å². The number of nitrogens with zero attached hydrogens (tertiary/aromatic N) is 2. The molecule has 0 aliphatic heterocycles. The molecule has 112 valence electrons. The Morgan fingerprint density at radius 2 is 1.86 bits per heavy atom. The Labute approximate surface area is 123 Å². The van der Waals surface area contributed by atoms with Crippen molar-refractivity contribution in [2.24, 2.45) is 0 Å². The van der Waals surface area contributed by atoms with Gasteiger partial charge in [-0.2, -0.15) is 4.98 Å². The van der Waals surface area contributed by atoms with Gasteiger partial charge in [-0.3, -0.25) is 4.72 Å². The van der Waals surface area contributed by atoms with Crippen molar-refractivity contribution in [2.45, 2.75) is 31.6 Å². The van der Waals surface area contributed by atoms with E-state index in [1.807, 2.05) is 0 Å². The summed E-state index contributed by atoms with van der Waals surface area (Å²) < 4.78 is 30.1. The van der Waals surface area contributed by atoms with E-state index < -0.39 is 10.0 Å². The summed E-state index contributed by atoms with van der Waals surface area (Å²) in [6.07, 6.45) is 5.77. The van der Waals surface area contributed by atoms with Gasteiger partial charge in [0.05, 0.1) is 6.26 Å². The summed E-state index contributed by atoms with van der Waals surface area (Å²) in [7, 11) is -3.26. The molecule has 1 N–H and O–H groups in total. The van der Waals surface area contributed by atoms with E-state index >= 15 is 0 Å². The predicted octanol–water partition coefficient (Wildman–Crippen LogP) is 2.77. The highest BCUT2D eigenvalue weighted by Crippen LogP contribution is 2.33. The lowest BCUT2D eigenvalue weighted by Gasteiger charge is -2.03. The number of aromatic nitrogens is 2. The van der Waals surface area contributed by atoms with Gasteiger partial charge in [-0.1, -0.05) is 18.0 Å². The van der Waals surface area contributed by atoms with Gasteiger partial charge in [-0.25, -0.2) is 8.42 Å². The molecule has 0 radical (unpaired) electrons. The van der Waals surface area contributed by atoms with Crippen LogP contribution in [0.1, 0.15) is 37.5 Å². The lowest BCUT2D eigenvalue weighted by Crippen LogP contribution is -2.09. The molecule has 6 nitrogen and oxygen atoms in total. The van der Waals surface area contributed by atoms with Gasteiger partial charge in [-0.05, 0) is 37.1 Å². The van der Waals surface area contributed by atoms with Gasteiger partial charge in [0.25, 0.3) is 0 Å². The fourth-order valence-electron chi connectivity index (χ4n) is 2.59. The average Bonchev–Trinajstić information content (AvgIpc) is 3.09. The van der Waals surface area contributed by atoms with Gasteiger partial charge in [0.2, 0.25) is 21.7 Å². The lowest BCUT2D eigenvalue weighted by molar-refractivity contribution is 0.354. The van der Waals surface area contributed by atoms with Gasteiger partial charge in [-0.15, -0.1) is 0 Å². The van der Waals surface area contributed by atoms with Crippen LogP contribution in [0.5, 0.6) is 0 Å². The quantitative estimate of drug-likeness (QED) is 0.938. The third-order valence-electron chi connectivity index (χ3n) is 3.59. The van der Waals surface area contributed by atoms with E-state index in [0.29, 0.717) is 23.3 Å². The van der Waals surface area contributed by atoms with Crippen LogP contribution >= 0.6 is 0 Å². The Hall–Kier alpha value is -1.89. The van der Waals surface area contributed by atoms with Gasteiger partial charge in [0.15, 0.2) is 0 Å². The third-order valence-corrected chi connectivity index (χ3v) is 4.20. The van der Waals surface area contributed by atoms with Crippen LogP contribution in [0.2, 0.25) is 0 Å². The van der Waals surface area contributed by atoms with Crippen molar-refractivity contribution in [1.29, 1.82) is 0 Å². The normalized spacial score (nSPS) is 16.2. The van der Waals surface area contributed by atoms with Gasteiger partial charge < -0.3 is 4.52 Å². The SMILES string of the molecule is CS(=O)(=O)Nc1ccc(-c2noc(C3CCCC3)n2)cc1. The predicted molar refractivity (Wildman–Crippen MR) is 79.4 cm³/mol. The molecule has 0 amide bonds. The van der Waals surface area contributed by atoms with Crippen molar-refractivity contribution in [1.82, 2.24) is 10.1 Å². The summed E-state index contributed by atoms with van der Waals surface area (Å²) in [5, 5.41) is 4.01. The minimum absolute atomic E-state index is 0.387. The fraction of sp³-hybridized carbons (Fsp3) is 0.429. The van der Waals surface area contributed by atoms with Crippen molar-refractivity contribution < 1.29 is 12.9 Å². The highest BCUT2D eigenvalue weighted by molar-refractivity contribution is 7.92. The summed E-state index contributed by atoms with van der Waals surface area (Å²) in [4.78, 5) is 4.45. The zero-order valence-corrected chi connectivity index (χ0v) is 12.6. The lowest BCUT2D eigenvalue weighted by atomic mass is 10.1. The standard InChI is InChI=1S/C14H17N3O3S/c1-21(18,19)17-12-8-6-10(7-9-12)13-15-14(20-16-13)11-4-2-3-5-11/h6-9,11,17H,2-5H2,1H3. The van der Waals surface area contributed by atoms with Crippen molar-refractivity contribution in [3.05, 3.63) is 30.2 Å². The van der Waals surface area contributed by atoms with Crippen LogP contribution < -0.4 is 4.72 Å². The summed E-state index contributed by atoms with van der Waals surface area (Å²) in [6.45, 7) is 0. The number of anilines is 1. The summed E-state index contributed by atoms with van der Waals surface area (Å²) in [5.41, 5.74) is 1.32. The van der Waals surface area contributed by atoms with E-state index in [9.17, 15) is 8.42 Å². The first-order valence-corrected chi connectivity index (χ1v) is 8.82.